The molecule has 3 heterocycles. The molecule has 172 valence electrons. The first-order valence-corrected chi connectivity index (χ1v) is 11.6. The maximum absolute atomic E-state index is 13.1. The highest BCUT2D eigenvalue weighted by molar-refractivity contribution is 6.04. The fourth-order valence-electron chi connectivity index (χ4n) is 4.75. The summed E-state index contributed by atoms with van der Waals surface area (Å²) in [4.78, 5) is 25.8. The average molecular weight is 461 g/mol. The molecule has 7 nitrogen and oxygen atoms in total. The second kappa shape index (κ2) is 8.68. The van der Waals surface area contributed by atoms with E-state index >= 15 is 0 Å². The van der Waals surface area contributed by atoms with Crippen LogP contribution in [0.3, 0.4) is 0 Å². The molecule has 0 saturated heterocycles. The van der Waals surface area contributed by atoms with Crippen LogP contribution >= 0.6 is 0 Å². The van der Waals surface area contributed by atoms with Gasteiger partial charge in [-0.15, -0.1) is 0 Å². The molecule has 5 aromatic rings. The van der Waals surface area contributed by atoms with E-state index in [1.54, 1.807) is 12.4 Å². The van der Waals surface area contributed by atoms with Gasteiger partial charge >= 0.3 is 0 Å². The molecule has 6 rings (SSSR count). The van der Waals surface area contributed by atoms with Crippen LogP contribution in [0.25, 0.3) is 17.9 Å². The Labute approximate surface area is 202 Å². The van der Waals surface area contributed by atoms with Crippen molar-refractivity contribution in [3.8, 4) is 0 Å². The molecule has 7 heteroatoms. The van der Waals surface area contributed by atoms with Gasteiger partial charge in [-0.1, -0.05) is 18.2 Å². The standard InChI is InChI=1S/C28H24N6O/c1-19-3-4-22(15-20(19)5-8-24-17-31-28-30-11-2-13-34(24)28)27(35)32-23-7-9-25-21(16-23)6-10-26(25)33-14-12-29-18-33/h2-5,7-9,11-18,26H,6,10H2,1H3,(H,32,35)/b8-5+. The summed E-state index contributed by atoms with van der Waals surface area (Å²) in [6.45, 7) is 2.04. The minimum absolute atomic E-state index is 0.122. The van der Waals surface area contributed by atoms with Gasteiger partial charge in [0.2, 0.25) is 5.78 Å². The number of aryl methyl sites for hydroxylation is 2. The molecule has 0 saturated carbocycles. The van der Waals surface area contributed by atoms with Gasteiger partial charge in [-0.3, -0.25) is 9.20 Å². The van der Waals surface area contributed by atoms with E-state index < -0.39 is 0 Å². The number of imidazole rings is 2. The number of hydrogen-bond donors (Lipinski definition) is 1. The Morgan fingerprint density at radius 3 is 2.91 bits per heavy atom. The second-order valence-corrected chi connectivity index (χ2v) is 8.81. The van der Waals surface area contributed by atoms with E-state index in [2.05, 4.69) is 37.0 Å². The molecule has 1 unspecified atom stereocenters. The van der Waals surface area contributed by atoms with Crippen molar-refractivity contribution in [2.75, 3.05) is 5.32 Å². The Bertz CT molecular complexity index is 1560. The van der Waals surface area contributed by atoms with Gasteiger partial charge in [0.25, 0.3) is 5.91 Å². The van der Waals surface area contributed by atoms with E-state index in [0.29, 0.717) is 17.4 Å². The van der Waals surface area contributed by atoms with E-state index in [4.69, 9.17) is 0 Å². The van der Waals surface area contributed by atoms with E-state index in [0.717, 1.165) is 35.3 Å². The number of nitrogens with one attached hydrogen (secondary N) is 1. The minimum Gasteiger partial charge on any atom is -0.330 e. The summed E-state index contributed by atoms with van der Waals surface area (Å²) in [6.07, 6.45) is 17.1. The highest BCUT2D eigenvalue weighted by atomic mass is 16.1. The highest BCUT2D eigenvalue weighted by Gasteiger charge is 2.24. The second-order valence-electron chi connectivity index (χ2n) is 8.81. The molecule has 2 aromatic carbocycles. The lowest BCUT2D eigenvalue weighted by Crippen LogP contribution is -2.12. The van der Waals surface area contributed by atoms with Crippen LogP contribution in [-0.2, 0) is 6.42 Å². The van der Waals surface area contributed by atoms with Crippen molar-refractivity contribution in [2.45, 2.75) is 25.8 Å². The molecule has 1 amide bonds. The maximum atomic E-state index is 13.1. The van der Waals surface area contributed by atoms with Crippen molar-refractivity contribution >= 4 is 29.5 Å². The summed E-state index contributed by atoms with van der Waals surface area (Å²) in [5, 5.41) is 3.07. The van der Waals surface area contributed by atoms with Gasteiger partial charge in [-0.25, -0.2) is 15.0 Å². The Hall–Kier alpha value is -4.52. The van der Waals surface area contributed by atoms with Gasteiger partial charge in [0, 0.05) is 36.0 Å². The molecule has 1 atom stereocenters. The zero-order valence-corrected chi connectivity index (χ0v) is 19.3. The smallest absolute Gasteiger partial charge is 0.255 e. The molecule has 1 aliphatic rings. The van der Waals surface area contributed by atoms with Gasteiger partial charge in [0.1, 0.15) is 0 Å². The number of benzene rings is 2. The molecule has 0 aliphatic heterocycles. The number of amides is 1. The SMILES string of the molecule is Cc1ccc(C(=O)Nc2ccc3c(c2)CCC3n2ccnc2)cc1/C=C/c1cnc2ncccn12. The predicted molar refractivity (Wildman–Crippen MR) is 136 cm³/mol. The molecule has 1 aliphatic carbocycles. The third-order valence-electron chi connectivity index (χ3n) is 6.62. The average Bonchev–Trinajstić information content (AvgIpc) is 3.63. The molecule has 35 heavy (non-hydrogen) atoms. The molecular formula is C28H24N6O. The van der Waals surface area contributed by atoms with E-state index in [9.17, 15) is 4.79 Å². The molecule has 0 bridgehead atoms. The van der Waals surface area contributed by atoms with Crippen LogP contribution < -0.4 is 5.32 Å². The van der Waals surface area contributed by atoms with Crippen LogP contribution in [-0.4, -0.2) is 29.8 Å². The van der Waals surface area contributed by atoms with Crippen LogP contribution in [0.1, 0.15) is 50.8 Å². The van der Waals surface area contributed by atoms with Crippen molar-refractivity contribution in [3.05, 3.63) is 113 Å². The Balaban J connectivity index is 1.21. The van der Waals surface area contributed by atoms with Crippen molar-refractivity contribution in [1.82, 2.24) is 23.9 Å². The normalized spacial score (nSPS) is 15.1. The van der Waals surface area contributed by atoms with Crippen LogP contribution in [0, 0.1) is 6.92 Å². The van der Waals surface area contributed by atoms with E-state index in [1.165, 1.54) is 11.1 Å². The van der Waals surface area contributed by atoms with Gasteiger partial charge in [-0.05, 0) is 78.4 Å². The molecule has 0 fully saturated rings. The Morgan fingerprint density at radius 1 is 1.09 bits per heavy atom. The van der Waals surface area contributed by atoms with Gasteiger partial charge in [-0.2, -0.15) is 0 Å². The maximum Gasteiger partial charge on any atom is 0.255 e. The molecule has 1 N–H and O–H groups in total. The predicted octanol–water partition coefficient (Wildman–Crippen LogP) is 5.19. The first kappa shape index (κ1) is 21.0. The largest absolute Gasteiger partial charge is 0.330 e. The van der Waals surface area contributed by atoms with E-state index in [-0.39, 0.29) is 5.91 Å². The van der Waals surface area contributed by atoms with Crippen molar-refractivity contribution in [3.63, 3.8) is 0 Å². The van der Waals surface area contributed by atoms with Crippen molar-refractivity contribution in [2.24, 2.45) is 0 Å². The monoisotopic (exact) mass is 460 g/mol. The lowest BCUT2D eigenvalue weighted by Gasteiger charge is -2.14. The van der Waals surface area contributed by atoms with Gasteiger partial charge in [0.15, 0.2) is 0 Å². The van der Waals surface area contributed by atoms with E-state index in [1.807, 2.05) is 78.7 Å². The number of fused-ring (bicyclic) bond motifs is 2. The van der Waals surface area contributed by atoms with Crippen LogP contribution in [0.5, 0.6) is 0 Å². The lowest BCUT2D eigenvalue weighted by molar-refractivity contribution is 0.102. The first-order chi connectivity index (χ1) is 17.2. The summed E-state index contributed by atoms with van der Waals surface area (Å²) in [5.74, 6) is 0.533. The summed E-state index contributed by atoms with van der Waals surface area (Å²) in [5.41, 5.74) is 7.00. The van der Waals surface area contributed by atoms with Crippen molar-refractivity contribution < 1.29 is 4.79 Å². The fraction of sp³-hybridized carbons (Fsp3) is 0.143. The number of carbonyl (C=O) groups excluding carboxylic acids is 1. The van der Waals surface area contributed by atoms with Gasteiger partial charge < -0.3 is 9.88 Å². The molecule has 3 aromatic heterocycles. The summed E-state index contributed by atoms with van der Waals surface area (Å²) in [6, 6.07) is 14.1. The number of nitrogens with zero attached hydrogens (tertiary/aromatic N) is 5. The molecular weight excluding hydrogens is 436 g/mol. The zero-order chi connectivity index (χ0) is 23.8. The topological polar surface area (TPSA) is 77.1 Å². The van der Waals surface area contributed by atoms with Crippen LogP contribution in [0.2, 0.25) is 0 Å². The zero-order valence-electron chi connectivity index (χ0n) is 19.3. The number of anilines is 1. The lowest BCUT2D eigenvalue weighted by atomic mass is 10.0. The molecule has 0 radical (unpaired) electrons. The number of aromatic nitrogens is 5. The number of rotatable bonds is 5. The summed E-state index contributed by atoms with van der Waals surface area (Å²) >= 11 is 0. The summed E-state index contributed by atoms with van der Waals surface area (Å²) in [7, 11) is 0. The minimum atomic E-state index is -0.122. The first-order valence-electron chi connectivity index (χ1n) is 11.6. The highest BCUT2D eigenvalue weighted by Crippen LogP contribution is 2.35. The fourth-order valence-corrected chi connectivity index (χ4v) is 4.75. The number of carbonyl (C=O) groups is 1. The van der Waals surface area contributed by atoms with Gasteiger partial charge in [0.05, 0.1) is 24.3 Å². The Kier molecular flexibility index (Phi) is 5.22. The molecule has 0 spiro atoms. The van der Waals surface area contributed by atoms with Crippen LogP contribution in [0.4, 0.5) is 5.69 Å². The Morgan fingerprint density at radius 2 is 2.03 bits per heavy atom. The third kappa shape index (κ3) is 4.01. The third-order valence-corrected chi connectivity index (χ3v) is 6.62. The number of hydrogen-bond acceptors (Lipinski definition) is 4. The summed E-state index contributed by atoms with van der Waals surface area (Å²) < 4.78 is 4.07. The quantitative estimate of drug-likeness (QED) is 0.391. The van der Waals surface area contributed by atoms with Crippen molar-refractivity contribution in [1.29, 1.82) is 0 Å². The van der Waals surface area contributed by atoms with Crippen LogP contribution in [0.15, 0.2) is 79.8 Å².